The maximum atomic E-state index is 5.70. The van der Waals surface area contributed by atoms with Crippen molar-refractivity contribution < 1.29 is 9.15 Å². The minimum atomic E-state index is 0.443. The van der Waals surface area contributed by atoms with Gasteiger partial charge in [0.05, 0.1) is 0 Å². The first-order chi connectivity index (χ1) is 9.81. The molecule has 1 aromatic carbocycles. The second kappa shape index (κ2) is 6.33. The predicted molar refractivity (Wildman–Crippen MR) is 82.3 cm³/mol. The van der Waals surface area contributed by atoms with Gasteiger partial charge in [0.15, 0.2) is 4.67 Å². The van der Waals surface area contributed by atoms with Gasteiger partial charge < -0.3 is 19.4 Å². The van der Waals surface area contributed by atoms with Crippen molar-refractivity contribution in [2.75, 3.05) is 31.1 Å². The van der Waals surface area contributed by atoms with Crippen molar-refractivity contribution in [3.8, 4) is 5.75 Å². The van der Waals surface area contributed by atoms with Crippen molar-refractivity contribution in [1.82, 2.24) is 5.32 Å². The third-order valence-electron chi connectivity index (χ3n) is 3.33. The normalized spacial score (nSPS) is 15.3. The largest absolute Gasteiger partial charge is 0.486 e. The first-order valence-electron chi connectivity index (χ1n) is 6.74. The number of nitrogens with one attached hydrogen (secondary N) is 1. The summed E-state index contributed by atoms with van der Waals surface area (Å²) in [4.78, 5) is 2.38. The van der Waals surface area contributed by atoms with Crippen LogP contribution in [0.4, 0.5) is 5.69 Å². The molecule has 2 heterocycles. The van der Waals surface area contributed by atoms with Gasteiger partial charge in [-0.3, -0.25) is 0 Å². The number of halogens is 1. The molecular weight excluding hydrogens is 320 g/mol. The Morgan fingerprint density at radius 2 is 1.85 bits per heavy atom. The predicted octanol–water partition coefficient (Wildman–Crippen LogP) is 3.03. The number of hydrogen-bond acceptors (Lipinski definition) is 4. The van der Waals surface area contributed by atoms with Crippen molar-refractivity contribution in [2.45, 2.75) is 6.61 Å². The average molecular weight is 337 g/mol. The fraction of sp³-hybridized carbons (Fsp3) is 0.333. The van der Waals surface area contributed by atoms with Crippen LogP contribution in [0.1, 0.15) is 5.76 Å². The molecule has 20 heavy (non-hydrogen) atoms. The molecule has 4 nitrogen and oxygen atoms in total. The Labute approximate surface area is 126 Å². The molecule has 5 heteroatoms. The molecule has 0 aliphatic carbocycles. The first-order valence-corrected chi connectivity index (χ1v) is 7.53. The second-order valence-electron chi connectivity index (χ2n) is 4.73. The molecule has 0 atom stereocenters. The van der Waals surface area contributed by atoms with Crippen LogP contribution in [0, 0.1) is 0 Å². The summed E-state index contributed by atoms with van der Waals surface area (Å²) in [5.74, 6) is 1.67. The van der Waals surface area contributed by atoms with Gasteiger partial charge in [-0.1, -0.05) is 0 Å². The minimum Gasteiger partial charge on any atom is -0.486 e. The highest BCUT2D eigenvalue weighted by Crippen LogP contribution is 2.21. The zero-order valence-electron chi connectivity index (χ0n) is 11.1. The highest BCUT2D eigenvalue weighted by molar-refractivity contribution is 9.10. The monoisotopic (exact) mass is 336 g/mol. The Hall–Kier alpha value is -1.46. The molecule has 0 radical (unpaired) electrons. The summed E-state index contributed by atoms with van der Waals surface area (Å²) in [7, 11) is 0. The summed E-state index contributed by atoms with van der Waals surface area (Å²) < 4.78 is 11.8. The van der Waals surface area contributed by atoms with Gasteiger partial charge in [0.25, 0.3) is 0 Å². The molecule has 2 aromatic rings. The van der Waals surface area contributed by atoms with E-state index in [1.807, 2.05) is 24.3 Å². The van der Waals surface area contributed by atoms with Gasteiger partial charge in [-0.2, -0.15) is 0 Å². The molecular formula is C15H17BrN2O2. The molecule has 0 bridgehead atoms. The number of piperazine rings is 1. The summed E-state index contributed by atoms with van der Waals surface area (Å²) in [5.41, 5.74) is 1.25. The molecule has 106 valence electrons. The van der Waals surface area contributed by atoms with E-state index in [9.17, 15) is 0 Å². The Balaban J connectivity index is 1.58. The lowest BCUT2D eigenvalue weighted by Gasteiger charge is -2.29. The summed E-state index contributed by atoms with van der Waals surface area (Å²) in [6, 6.07) is 12.0. The van der Waals surface area contributed by atoms with E-state index in [0.29, 0.717) is 6.61 Å². The van der Waals surface area contributed by atoms with Crippen molar-refractivity contribution >= 4 is 21.6 Å². The van der Waals surface area contributed by atoms with Crippen LogP contribution in [0.5, 0.6) is 5.75 Å². The second-order valence-corrected chi connectivity index (χ2v) is 5.51. The molecule has 0 unspecified atom stereocenters. The molecule has 1 saturated heterocycles. The number of rotatable bonds is 4. The van der Waals surface area contributed by atoms with Crippen molar-refractivity contribution in [3.05, 3.63) is 46.8 Å². The van der Waals surface area contributed by atoms with Crippen molar-refractivity contribution in [2.24, 2.45) is 0 Å². The smallest absolute Gasteiger partial charge is 0.169 e. The third-order valence-corrected chi connectivity index (χ3v) is 3.76. The van der Waals surface area contributed by atoms with Gasteiger partial charge in [-0.15, -0.1) is 0 Å². The zero-order chi connectivity index (χ0) is 13.8. The van der Waals surface area contributed by atoms with E-state index in [-0.39, 0.29) is 0 Å². The Morgan fingerprint density at radius 3 is 2.50 bits per heavy atom. The Morgan fingerprint density at radius 1 is 1.10 bits per heavy atom. The number of furan rings is 1. The number of anilines is 1. The SMILES string of the molecule is Brc1ccc(COc2ccc(N3CCNCC3)cc2)o1. The maximum Gasteiger partial charge on any atom is 0.169 e. The summed E-state index contributed by atoms with van der Waals surface area (Å²) in [5, 5.41) is 3.36. The Bertz CT molecular complexity index is 547. The first kappa shape index (κ1) is 13.5. The number of ether oxygens (including phenoxy) is 1. The van der Waals surface area contributed by atoms with E-state index in [0.717, 1.165) is 42.4 Å². The van der Waals surface area contributed by atoms with Crippen molar-refractivity contribution in [1.29, 1.82) is 0 Å². The van der Waals surface area contributed by atoms with E-state index >= 15 is 0 Å². The highest BCUT2D eigenvalue weighted by Gasteiger charge is 2.10. The summed E-state index contributed by atoms with van der Waals surface area (Å²) in [6.07, 6.45) is 0. The van der Waals surface area contributed by atoms with E-state index < -0.39 is 0 Å². The van der Waals surface area contributed by atoms with E-state index in [1.54, 1.807) is 0 Å². The Kier molecular flexibility index (Phi) is 4.28. The van der Waals surface area contributed by atoms with Gasteiger partial charge in [-0.25, -0.2) is 0 Å². The van der Waals surface area contributed by atoms with Crippen LogP contribution in [0.2, 0.25) is 0 Å². The van der Waals surface area contributed by atoms with Crippen molar-refractivity contribution in [3.63, 3.8) is 0 Å². The highest BCUT2D eigenvalue weighted by atomic mass is 79.9. The molecule has 1 aliphatic heterocycles. The van der Waals surface area contributed by atoms with Crippen LogP contribution in [-0.4, -0.2) is 26.2 Å². The quantitative estimate of drug-likeness (QED) is 0.931. The van der Waals surface area contributed by atoms with Gasteiger partial charge in [-0.05, 0) is 52.3 Å². The van der Waals surface area contributed by atoms with Gasteiger partial charge in [0.1, 0.15) is 18.1 Å². The summed E-state index contributed by atoms with van der Waals surface area (Å²) >= 11 is 3.28. The molecule has 1 aromatic heterocycles. The van der Waals surface area contributed by atoms with Gasteiger partial charge in [0, 0.05) is 31.9 Å². The van der Waals surface area contributed by atoms with Crippen LogP contribution < -0.4 is 15.0 Å². The minimum absolute atomic E-state index is 0.443. The number of hydrogen-bond donors (Lipinski definition) is 1. The average Bonchev–Trinajstić information content (AvgIpc) is 2.92. The number of nitrogens with zero attached hydrogens (tertiary/aromatic N) is 1. The lowest BCUT2D eigenvalue weighted by Crippen LogP contribution is -2.43. The van der Waals surface area contributed by atoms with Crippen LogP contribution in [0.3, 0.4) is 0 Å². The van der Waals surface area contributed by atoms with E-state index in [4.69, 9.17) is 9.15 Å². The number of benzene rings is 1. The molecule has 1 aliphatic rings. The van der Waals surface area contributed by atoms with Crippen LogP contribution in [0.15, 0.2) is 45.5 Å². The maximum absolute atomic E-state index is 5.70. The topological polar surface area (TPSA) is 37.6 Å². The zero-order valence-corrected chi connectivity index (χ0v) is 12.7. The molecule has 0 saturated carbocycles. The fourth-order valence-corrected chi connectivity index (χ4v) is 2.60. The van der Waals surface area contributed by atoms with Gasteiger partial charge >= 0.3 is 0 Å². The standard InChI is InChI=1S/C15H17BrN2O2/c16-15-6-5-14(20-15)11-19-13-3-1-12(2-4-13)18-9-7-17-8-10-18/h1-6,17H,7-11H2. The van der Waals surface area contributed by atoms with E-state index in [1.165, 1.54) is 5.69 Å². The third kappa shape index (κ3) is 3.35. The molecule has 3 rings (SSSR count). The fourth-order valence-electron chi connectivity index (χ4n) is 2.26. The lowest BCUT2D eigenvalue weighted by atomic mass is 10.2. The van der Waals surface area contributed by atoms with Gasteiger partial charge in [0.2, 0.25) is 0 Å². The van der Waals surface area contributed by atoms with E-state index in [2.05, 4.69) is 38.3 Å². The summed E-state index contributed by atoms with van der Waals surface area (Å²) in [6.45, 7) is 4.65. The molecule has 0 spiro atoms. The van der Waals surface area contributed by atoms with Crippen LogP contribution >= 0.6 is 15.9 Å². The molecule has 1 fully saturated rings. The molecule has 0 amide bonds. The lowest BCUT2D eigenvalue weighted by molar-refractivity contribution is 0.268. The van der Waals surface area contributed by atoms with Crippen LogP contribution in [0.25, 0.3) is 0 Å². The molecule has 1 N–H and O–H groups in total. The van der Waals surface area contributed by atoms with Crippen LogP contribution in [-0.2, 0) is 6.61 Å².